The number of nitrogens with one attached hydrogen (secondary N) is 1. The molecule has 0 fully saturated rings. The quantitative estimate of drug-likeness (QED) is 0.459. The Balaban J connectivity index is 1.87. The van der Waals surface area contributed by atoms with E-state index in [2.05, 4.69) is 9.97 Å². The number of ketones is 1. The summed E-state index contributed by atoms with van der Waals surface area (Å²) in [6, 6.07) is 10.8. The summed E-state index contributed by atoms with van der Waals surface area (Å²) in [4.78, 5) is 31.1. The van der Waals surface area contributed by atoms with Crippen LogP contribution in [0.25, 0.3) is 11.4 Å². The van der Waals surface area contributed by atoms with Crippen LogP contribution in [0.4, 0.5) is 22.0 Å². The lowest BCUT2D eigenvalue weighted by molar-refractivity contribution is -0.140. The van der Waals surface area contributed by atoms with Crippen molar-refractivity contribution in [1.29, 1.82) is 0 Å². The number of H-pyrrole nitrogens is 1. The summed E-state index contributed by atoms with van der Waals surface area (Å²) >= 11 is 0. The summed E-state index contributed by atoms with van der Waals surface area (Å²) in [6.07, 6.45) is -5.42. The summed E-state index contributed by atoms with van der Waals surface area (Å²) in [5, 5.41) is 0. The van der Waals surface area contributed by atoms with E-state index >= 15 is 0 Å². The van der Waals surface area contributed by atoms with E-state index in [4.69, 9.17) is 0 Å². The van der Waals surface area contributed by atoms with Crippen molar-refractivity contribution in [2.45, 2.75) is 25.4 Å². The fourth-order valence-corrected chi connectivity index (χ4v) is 2.99. The van der Waals surface area contributed by atoms with Gasteiger partial charge >= 0.3 is 6.18 Å². The molecule has 1 aromatic heterocycles. The number of benzene rings is 2. The predicted molar refractivity (Wildman–Crippen MR) is 99.0 cm³/mol. The summed E-state index contributed by atoms with van der Waals surface area (Å²) in [7, 11) is 0. The van der Waals surface area contributed by atoms with E-state index in [0.717, 1.165) is 12.1 Å². The minimum Gasteiger partial charge on any atom is -0.306 e. The highest BCUT2D eigenvalue weighted by Gasteiger charge is 2.36. The van der Waals surface area contributed by atoms with Crippen LogP contribution >= 0.6 is 0 Å². The number of nitrogens with zero attached hydrogens (tertiary/aromatic N) is 1. The molecule has 0 saturated heterocycles. The lowest BCUT2D eigenvalue weighted by atomic mass is 9.93. The molecule has 3 aromatic rings. The highest BCUT2D eigenvalue weighted by Crippen LogP contribution is 2.35. The largest absolute Gasteiger partial charge is 0.419 e. The summed E-state index contributed by atoms with van der Waals surface area (Å²) in [5.41, 5.74) is -2.29. The van der Waals surface area contributed by atoms with E-state index in [1.807, 2.05) is 0 Å². The Kier molecular flexibility index (Phi) is 5.82. The van der Waals surface area contributed by atoms with E-state index in [0.29, 0.717) is 11.6 Å². The zero-order chi connectivity index (χ0) is 22.1. The van der Waals surface area contributed by atoms with Gasteiger partial charge in [-0.15, -0.1) is 0 Å². The van der Waals surface area contributed by atoms with E-state index < -0.39 is 40.6 Å². The maximum atomic E-state index is 14.2. The molecule has 1 atom stereocenters. The van der Waals surface area contributed by atoms with Crippen LogP contribution in [0.15, 0.2) is 53.3 Å². The predicted octanol–water partition coefficient (Wildman–Crippen LogP) is 5.11. The molecule has 0 spiro atoms. The number of alkyl halides is 3. The maximum absolute atomic E-state index is 14.2. The first-order chi connectivity index (χ1) is 14.1. The highest BCUT2D eigenvalue weighted by molar-refractivity contribution is 5.95. The van der Waals surface area contributed by atoms with Gasteiger partial charge in [0.2, 0.25) is 0 Å². The first-order valence-corrected chi connectivity index (χ1v) is 8.83. The van der Waals surface area contributed by atoms with Gasteiger partial charge in [-0.05, 0) is 17.5 Å². The topological polar surface area (TPSA) is 62.8 Å². The van der Waals surface area contributed by atoms with Crippen molar-refractivity contribution >= 4 is 5.78 Å². The Bertz CT molecular complexity index is 1140. The van der Waals surface area contributed by atoms with Crippen molar-refractivity contribution in [3.63, 3.8) is 0 Å². The van der Waals surface area contributed by atoms with Crippen molar-refractivity contribution in [3.8, 4) is 11.4 Å². The average molecular weight is 422 g/mol. The average Bonchev–Trinajstić information content (AvgIpc) is 2.69. The zero-order valence-corrected chi connectivity index (χ0v) is 15.6. The number of aromatic amines is 1. The molecule has 1 heterocycles. The van der Waals surface area contributed by atoms with Gasteiger partial charge in [0, 0.05) is 18.1 Å². The molecule has 0 aliphatic rings. The third-order valence-electron chi connectivity index (χ3n) is 4.51. The third-order valence-corrected chi connectivity index (χ3v) is 4.51. The standard InChI is InChI=1S/C21H15F5N2O2/c1-11(13-7-8-14(21(24,25)26)19(23)18(13)22)9-16(29)15-10-17(30)28-20(27-15)12-5-3-2-4-6-12/h2-8,10-11H,9H2,1H3,(H,27,28,30)/t11-/m0/s1. The number of carbonyl (C=O) groups is 1. The number of Topliss-reactive ketones (excluding diaryl/α,β-unsaturated/α-hetero) is 1. The van der Waals surface area contributed by atoms with Crippen LogP contribution in [-0.4, -0.2) is 15.8 Å². The van der Waals surface area contributed by atoms with Gasteiger partial charge in [0.1, 0.15) is 11.5 Å². The second-order valence-electron chi connectivity index (χ2n) is 6.70. The molecule has 0 unspecified atom stereocenters. The van der Waals surface area contributed by atoms with Crippen LogP contribution < -0.4 is 5.56 Å². The van der Waals surface area contributed by atoms with Gasteiger partial charge in [-0.25, -0.2) is 13.8 Å². The summed E-state index contributed by atoms with van der Waals surface area (Å²) in [6.45, 7) is 1.37. The normalized spacial score (nSPS) is 12.6. The minimum absolute atomic E-state index is 0.158. The molecular formula is C21H15F5N2O2. The van der Waals surface area contributed by atoms with Crippen LogP contribution in [0.2, 0.25) is 0 Å². The molecular weight excluding hydrogens is 407 g/mol. The van der Waals surface area contributed by atoms with Gasteiger partial charge in [0.05, 0.1) is 5.56 Å². The minimum atomic E-state index is -5.04. The Morgan fingerprint density at radius 3 is 2.37 bits per heavy atom. The van der Waals surface area contributed by atoms with Gasteiger partial charge in [0.25, 0.3) is 5.56 Å². The molecule has 30 heavy (non-hydrogen) atoms. The molecule has 0 aliphatic carbocycles. The van der Waals surface area contributed by atoms with Crippen molar-refractivity contribution in [3.05, 3.63) is 87.3 Å². The van der Waals surface area contributed by atoms with Crippen LogP contribution in [0.5, 0.6) is 0 Å². The van der Waals surface area contributed by atoms with Gasteiger partial charge < -0.3 is 4.98 Å². The monoisotopic (exact) mass is 422 g/mol. The van der Waals surface area contributed by atoms with E-state index in [-0.39, 0.29) is 23.5 Å². The SMILES string of the molecule is C[C@@H](CC(=O)c1cc(=O)[nH]c(-c2ccccc2)n1)c1ccc(C(F)(F)F)c(F)c1F. The first-order valence-electron chi connectivity index (χ1n) is 8.83. The number of hydrogen-bond acceptors (Lipinski definition) is 3. The summed E-state index contributed by atoms with van der Waals surface area (Å²) < 4.78 is 66.1. The molecule has 1 N–H and O–H groups in total. The lowest BCUT2D eigenvalue weighted by Crippen LogP contribution is -2.16. The molecule has 9 heteroatoms. The molecule has 0 saturated carbocycles. The Morgan fingerprint density at radius 2 is 1.73 bits per heavy atom. The lowest BCUT2D eigenvalue weighted by Gasteiger charge is -2.15. The molecule has 2 aromatic carbocycles. The number of halogens is 5. The van der Waals surface area contributed by atoms with Crippen molar-refractivity contribution in [1.82, 2.24) is 9.97 Å². The fourth-order valence-electron chi connectivity index (χ4n) is 2.99. The van der Waals surface area contributed by atoms with Crippen molar-refractivity contribution in [2.24, 2.45) is 0 Å². The van der Waals surface area contributed by atoms with Crippen LogP contribution in [0, 0.1) is 11.6 Å². The number of carbonyl (C=O) groups excluding carboxylic acids is 1. The smallest absolute Gasteiger partial charge is 0.306 e. The zero-order valence-electron chi connectivity index (χ0n) is 15.6. The fraction of sp³-hybridized carbons (Fsp3) is 0.190. The first kappa shape index (κ1) is 21.4. The number of aromatic nitrogens is 2. The maximum Gasteiger partial charge on any atom is 0.419 e. The van der Waals surface area contributed by atoms with Gasteiger partial charge in [-0.3, -0.25) is 9.59 Å². The van der Waals surface area contributed by atoms with Crippen LogP contribution in [-0.2, 0) is 6.18 Å². The van der Waals surface area contributed by atoms with Crippen LogP contribution in [0.3, 0.4) is 0 Å². The molecule has 0 bridgehead atoms. The molecule has 4 nitrogen and oxygen atoms in total. The molecule has 156 valence electrons. The van der Waals surface area contributed by atoms with Gasteiger partial charge in [-0.1, -0.05) is 43.3 Å². The second kappa shape index (κ2) is 8.17. The van der Waals surface area contributed by atoms with E-state index in [1.54, 1.807) is 30.3 Å². The van der Waals surface area contributed by atoms with Crippen molar-refractivity contribution in [2.75, 3.05) is 0 Å². The van der Waals surface area contributed by atoms with E-state index in [1.165, 1.54) is 6.92 Å². The Morgan fingerprint density at radius 1 is 1.07 bits per heavy atom. The molecule has 0 radical (unpaired) electrons. The van der Waals surface area contributed by atoms with Gasteiger partial charge in [-0.2, -0.15) is 13.2 Å². The number of hydrogen-bond donors (Lipinski definition) is 1. The van der Waals surface area contributed by atoms with Crippen LogP contribution in [0.1, 0.15) is 40.9 Å². The van der Waals surface area contributed by atoms with Gasteiger partial charge in [0.15, 0.2) is 17.4 Å². The molecule has 3 rings (SSSR count). The van der Waals surface area contributed by atoms with Crippen molar-refractivity contribution < 1.29 is 26.7 Å². The highest BCUT2D eigenvalue weighted by atomic mass is 19.4. The van der Waals surface area contributed by atoms with E-state index in [9.17, 15) is 31.5 Å². The second-order valence-corrected chi connectivity index (χ2v) is 6.70. The Hall–Kier alpha value is -3.36. The molecule has 0 amide bonds. The third kappa shape index (κ3) is 4.45. The summed E-state index contributed by atoms with van der Waals surface area (Å²) in [5.74, 6) is -5.10. The molecule has 0 aliphatic heterocycles. The Labute approximate surface area is 167 Å². The number of rotatable bonds is 5.